The van der Waals surface area contributed by atoms with Gasteiger partial charge in [-0.15, -0.1) is 0 Å². The van der Waals surface area contributed by atoms with Gasteiger partial charge in [-0.1, -0.05) is 12.8 Å². The Labute approximate surface area is 122 Å². The lowest BCUT2D eigenvalue weighted by atomic mass is 10.1. The van der Waals surface area contributed by atoms with Crippen LogP contribution < -0.4 is 5.32 Å². The maximum absolute atomic E-state index is 12.4. The van der Waals surface area contributed by atoms with Crippen molar-refractivity contribution in [1.29, 1.82) is 0 Å². The number of nitrogens with one attached hydrogen (secondary N) is 1. The summed E-state index contributed by atoms with van der Waals surface area (Å²) in [5, 5.41) is 3.42. The Morgan fingerprint density at radius 1 is 1.30 bits per heavy atom. The maximum Gasteiger partial charge on any atom is 0.178 e. The molecule has 3 nitrogen and oxygen atoms in total. The Kier molecular flexibility index (Phi) is 4.38. The van der Waals surface area contributed by atoms with Gasteiger partial charge in [0.1, 0.15) is 0 Å². The van der Waals surface area contributed by atoms with Gasteiger partial charge in [0.15, 0.2) is 5.78 Å². The summed E-state index contributed by atoms with van der Waals surface area (Å²) in [5.41, 5.74) is 3.15. The molecule has 112 valence electrons. The van der Waals surface area contributed by atoms with Crippen molar-refractivity contribution < 1.29 is 4.79 Å². The molecule has 1 aliphatic rings. The van der Waals surface area contributed by atoms with Crippen molar-refractivity contribution >= 4 is 5.78 Å². The van der Waals surface area contributed by atoms with E-state index in [2.05, 4.69) is 44.5 Å². The van der Waals surface area contributed by atoms with Gasteiger partial charge in [0.05, 0.1) is 6.54 Å². The van der Waals surface area contributed by atoms with Crippen LogP contribution in [0.1, 0.15) is 68.2 Å². The Morgan fingerprint density at radius 3 is 2.40 bits per heavy atom. The molecule has 0 atom stereocenters. The van der Waals surface area contributed by atoms with Crippen molar-refractivity contribution in [2.24, 2.45) is 0 Å². The van der Waals surface area contributed by atoms with E-state index in [1.807, 2.05) is 6.07 Å². The number of aromatic nitrogens is 1. The minimum absolute atomic E-state index is 0.0194. The number of nitrogens with zero attached hydrogens (tertiary/aromatic N) is 1. The average molecular weight is 276 g/mol. The lowest BCUT2D eigenvalue weighted by Gasteiger charge is -2.25. The summed E-state index contributed by atoms with van der Waals surface area (Å²) >= 11 is 0. The molecule has 1 aromatic rings. The van der Waals surface area contributed by atoms with Crippen LogP contribution in [0.15, 0.2) is 6.07 Å². The van der Waals surface area contributed by atoms with E-state index < -0.39 is 0 Å². The first-order valence-corrected chi connectivity index (χ1v) is 7.76. The van der Waals surface area contributed by atoms with Crippen LogP contribution in [0.3, 0.4) is 0 Å². The second-order valence-corrected chi connectivity index (χ2v) is 7.08. The molecule has 20 heavy (non-hydrogen) atoms. The highest BCUT2D eigenvalue weighted by Crippen LogP contribution is 2.25. The van der Waals surface area contributed by atoms with Crippen LogP contribution in [0.25, 0.3) is 0 Å². The molecule has 0 radical (unpaired) electrons. The van der Waals surface area contributed by atoms with E-state index in [0.717, 1.165) is 11.3 Å². The van der Waals surface area contributed by atoms with Gasteiger partial charge in [-0.05, 0) is 53.5 Å². The molecule has 1 N–H and O–H groups in total. The van der Waals surface area contributed by atoms with Crippen LogP contribution in [0.5, 0.6) is 0 Å². The molecule has 0 bridgehead atoms. The summed E-state index contributed by atoms with van der Waals surface area (Å²) < 4.78 is 2.26. The van der Waals surface area contributed by atoms with Crippen molar-refractivity contribution in [3.8, 4) is 0 Å². The Hall–Kier alpha value is -1.09. The average Bonchev–Trinajstić information content (AvgIpc) is 2.93. The molecule has 0 aliphatic heterocycles. The third kappa shape index (κ3) is 3.14. The molecular formula is C17H28N2O. The predicted octanol–water partition coefficient (Wildman–Crippen LogP) is 3.57. The predicted molar refractivity (Wildman–Crippen MR) is 83.5 cm³/mol. The maximum atomic E-state index is 12.4. The molecule has 0 saturated heterocycles. The van der Waals surface area contributed by atoms with Crippen LogP contribution in [-0.2, 0) is 5.54 Å². The number of rotatable bonds is 4. The van der Waals surface area contributed by atoms with E-state index in [1.165, 1.54) is 31.4 Å². The lowest BCUT2D eigenvalue weighted by molar-refractivity contribution is 0.0986. The lowest BCUT2D eigenvalue weighted by Crippen LogP contribution is -2.32. The summed E-state index contributed by atoms with van der Waals surface area (Å²) in [4.78, 5) is 12.4. The normalized spacial score (nSPS) is 16.9. The molecule has 1 aliphatic carbocycles. The Balaban J connectivity index is 2.10. The third-order valence-corrected chi connectivity index (χ3v) is 4.31. The molecule has 1 saturated carbocycles. The van der Waals surface area contributed by atoms with E-state index in [0.29, 0.717) is 12.6 Å². The highest BCUT2D eigenvalue weighted by atomic mass is 16.1. The zero-order chi connectivity index (χ0) is 14.9. The van der Waals surface area contributed by atoms with E-state index in [1.54, 1.807) is 0 Å². The first-order chi connectivity index (χ1) is 9.30. The fourth-order valence-corrected chi connectivity index (χ4v) is 3.54. The smallest absolute Gasteiger partial charge is 0.178 e. The van der Waals surface area contributed by atoms with Gasteiger partial charge < -0.3 is 9.88 Å². The third-order valence-electron chi connectivity index (χ3n) is 4.31. The second kappa shape index (κ2) is 5.72. The van der Waals surface area contributed by atoms with Crippen LogP contribution in [0.4, 0.5) is 0 Å². The molecule has 3 heteroatoms. The Bertz CT molecular complexity index is 488. The number of Topliss-reactive ketones (excluding diaryl/α,β-unsaturated/α-hetero) is 1. The molecule has 1 fully saturated rings. The van der Waals surface area contributed by atoms with E-state index >= 15 is 0 Å². The molecule has 0 amide bonds. The fourth-order valence-electron chi connectivity index (χ4n) is 3.54. The number of carbonyl (C=O) groups excluding carboxylic acids is 1. The summed E-state index contributed by atoms with van der Waals surface area (Å²) in [5.74, 6) is 0.223. The van der Waals surface area contributed by atoms with Crippen LogP contribution >= 0.6 is 0 Å². The standard InChI is InChI=1S/C17H28N2O/c1-12-10-15(13(2)19(12)17(3,4)5)16(20)11-18-14-8-6-7-9-14/h10,14,18H,6-9,11H2,1-5H3. The number of ketones is 1. The molecule has 0 spiro atoms. The van der Waals surface area contributed by atoms with E-state index in [-0.39, 0.29) is 11.3 Å². The van der Waals surface area contributed by atoms with Gasteiger partial charge in [-0.2, -0.15) is 0 Å². The van der Waals surface area contributed by atoms with Gasteiger partial charge in [0.25, 0.3) is 0 Å². The number of aryl methyl sites for hydroxylation is 1. The Morgan fingerprint density at radius 2 is 1.90 bits per heavy atom. The summed E-state index contributed by atoms with van der Waals surface area (Å²) in [6.45, 7) is 11.1. The molecule has 0 unspecified atom stereocenters. The molecular weight excluding hydrogens is 248 g/mol. The minimum atomic E-state index is 0.0194. The number of hydrogen-bond donors (Lipinski definition) is 1. The second-order valence-electron chi connectivity index (χ2n) is 7.08. The zero-order valence-corrected chi connectivity index (χ0v) is 13.5. The van der Waals surface area contributed by atoms with Crippen LogP contribution in [-0.4, -0.2) is 22.9 Å². The van der Waals surface area contributed by atoms with Crippen molar-refractivity contribution in [2.45, 2.75) is 71.9 Å². The minimum Gasteiger partial charge on any atom is -0.343 e. The summed E-state index contributed by atoms with van der Waals surface area (Å²) in [6.07, 6.45) is 5.03. The quantitative estimate of drug-likeness (QED) is 0.853. The highest BCUT2D eigenvalue weighted by molar-refractivity contribution is 5.99. The van der Waals surface area contributed by atoms with Gasteiger partial charge in [-0.25, -0.2) is 0 Å². The van der Waals surface area contributed by atoms with Gasteiger partial charge >= 0.3 is 0 Å². The fraction of sp³-hybridized carbons (Fsp3) is 0.706. The molecule has 2 rings (SSSR count). The van der Waals surface area contributed by atoms with Gasteiger partial charge in [-0.3, -0.25) is 4.79 Å². The molecule has 1 aromatic heterocycles. The van der Waals surface area contributed by atoms with E-state index in [4.69, 9.17) is 0 Å². The molecule has 0 aromatic carbocycles. The monoisotopic (exact) mass is 276 g/mol. The van der Waals surface area contributed by atoms with Crippen molar-refractivity contribution in [3.63, 3.8) is 0 Å². The van der Waals surface area contributed by atoms with Gasteiger partial charge in [0.2, 0.25) is 0 Å². The first kappa shape index (κ1) is 15.3. The first-order valence-electron chi connectivity index (χ1n) is 7.76. The van der Waals surface area contributed by atoms with Crippen LogP contribution in [0.2, 0.25) is 0 Å². The molecule has 1 heterocycles. The summed E-state index contributed by atoms with van der Waals surface area (Å²) in [6, 6.07) is 2.59. The van der Waals surface area contributed by atoms with Gasteiger partial charge in [0, 0.05) is 28.5 Å². The highest BCUT2D eigenvalue weighted by Gasteiger charge is 2.23. The van der Waals surface area contributed by atoms with Crippen molar-refractivity contribution in [3.05, 3.63) is 23.0 Å². The van der Waals surface area contributed by atoms with E-state index in [9.17, 15) is 4.79 Å². The topological polar surface area (TPSA) is 34.0 Å². The van der Waals surface area contributed by atoms with Crippen LogP contribution in [0, 0.1) is 13.8 Å². The van der Waals surface area contributed by atoms with Crippen molar-refractivity contribution in [2.75, 3.05) is 6.54 Å². The summed E-state index contributed by atoms with van der Waals surface area (Å²) in [7, 11) is 0. The largest absolute Gasteiger partial charge is 0.343 e. The number of carbonyl (C=O) groups is 1. The van der Waals surface area contributed by atoms with Crippen molar-refractivity contribution in [1.82, 2.24) is 9.88 Å². The SMILES string of the molecule is Cc1cc(C(=O)CNC2CCCC2)c(C)n1C(C)(C)C. The number of hydrogen-bond acceptors (Lipinski definition) is 2. The zero-order valence-electron chi connectivity index (χ0n) is 13.5.